The number of nitrogens with zero attached hydrogens (tertiary/aromatic N) is 4. The van der Waals surface area contributed by atoms with Crippen LogP contribution in [0.2, 0.25) is 0 Å². The number of piperidine rings is 1. The van der Waals surface area contributed by atoms with Gasteiger partial charge >= 0.3 is 0 Å². The van der Waals surface area contributed by atoms with Crippen LogP contribution < -0.4 is 4.90 Å². The Hall–Kier alpha value is -1.24. The van der Waals surface area contributed by atoms with Crippen molar-refractivity contribution in [2.45, 2.75) is 52.7 Å². The molecule has 0 saturated carbocycles. The van der Waals surface area contributed by atoms with Crippen LogP contribution in [0.25, 0.3) is 10.2 Å². The van der Waals surface area contributed by atoms with Crippen LogP contribution in [0.5, 0.6) is 0 Å². The van der Waals surface area contributed by atoms with Gasteiger partial charge in [0.15, 0.2) is 0 Å². The maximum absolute atomic E-state index is 5.75. The Kier molecular flexibility index (Phi) is 5.17. The van der Waals surface area contributed by atoms with Gasteiger partial charge in [0, 0.05) is 25.1 Å². The third-order valence-corrected chi connectivity index (χ3v) is 7.21. The van der Waals surface area contributed by atoms with E-state index in [2.05, 4.69) is 30.6 Å². The van der Waals surface area contributed by atoms with Crippen molar-refractivity contribution in [3.63, 3.8) is 0 Å². The fourth-order valence-corrected chi connectivity index (χ4v) is 5.29. The summed E-state index contributed by atoms with van der Waals surface area (Å²) in [7, 11) is 1.83. The first-order valence-electron chi connectivity index (χ1n) is 9.83. The molecule has 2 aliphatic heterocycles. The summed E-state index contributed by atoms with van der Waals surface area (Å²) in [6.07, 6.45) is 4.02. The quantitative estimate of drug-likeness (QED) is 0.815. The van der Waals surface area contributed by atoms with Gasteiger partial charge in [-0.05, 0) is 57.7 Å². The zero-order chi connectivity index (χ0) is 18.3. The predicted octanol–water partition coefficient (Wildman–Crippen LogP) is 3.77. The van der Waals surface area contributed by atoms with Gasteiger partial charge in [0.1, 0.15) is 16.5 Å². The van der Waals surface area contributed by atoms with E-state index in [1.165, 1.54) is 41.8 Å². The first-order chi connectivity index (χ1) is 12.6. The van der Waals surface area contributed by atoms with E-state index in [1.54, 1.807) is 0 Å². The lowest BCUT2D eigenvalue weighted by atomic mass is 9.95. The Morgan fingerprint density at radius 2 is 1.92 bits per heavy atom. The first-order valence-corrected chi connectivity index (χ1v) is 10.6. The fraction of sp³-hybridized carbons (Fsp3) is 0.700. The summed E-state index contributed by atoms with van der Waals surface area (Å²) < 4.78 is 5.75. The molecule has 2 aromatic rings. The second kappa shape index (κ2) is 7.41. The predicted molar refractivity (Wildman–Crippen MR) is 108 cm³/mol. The molecule has 0 aromatic carbocycles. The first kappa shape index (κ1) is 18.1. The summed E-state index contributed by atoms with van der Waals surface area (Å²) in [5.41, 5.74) is 1.33. The minimum atomic E-state index is 0.274. The summed E-state index contributed by atoms with van der Waals surface area (Å²) in [5, 5.41) is 1.25. The third-order valence-electron chi connectivity index (χ3n) is 6.11. The summed E-state index contributed by atoms with van der Waals surface area (Å²) in [4.78, 5) is 17.4. The number of fused-ring (bicyclic) bond motifs is 1. The standard InChI is InChI=1S/C20H30N4OS/c1-13-7-10-24(11-16(13)25-4)19-18-14(2)15(3)26-20(18)22-17(21-19)12-23-8-5-6-9-23/h13,16H,5-12H2,1-4H3. The van der Waals surface area contributed by atoms with Gasteiger partial charge in [-0.25, -0.2) is 9.97 Å². The van der Waals surface area contributed by atoms with Crippen molar-refractivity contribution < 1.29 is 4.74 Å². The molecule has 4 heterocycles. The Balaban J connectivity index is 1.73. The van der Waals surface area contributed by atoms with Gasteiger partial charge in [0.05, 0.1) is 18.0 Å². The molecule has 2 aromatic heterocycles. The van der Waals surface area contributed by atoms with E-state index in [9.17, 15) is 0 Å². The zero-order valence-electron chi connectivity index (χ0n) is 16.4. The normalized spacial score (nSPS) is 24.7. The van der Waals surface area contributed by atoms with Crippen LogP contribution in [-0.4, -0.2) is 54.3 Å². The van der Waals surface area contributed by atoms with Crippen LogP contribution in [0.4, 0.5) is 5.82 Å². The van der Waals surface area contributed by atoms with E-state index < -0.39 is 0 Å². The van der Waals surface area contributed by atoms with Crippen molar-refractivity contribution in [3.8, 4) is 0 Å². The van der Waals surface area contributed by atoms with Gasteiger partial charge in [-0.3, -0.25) is 4.90 Å². The third kappa shape index (κ3) is 3.35. The van der Waals surface area contributed by atoms with Crippen LogP contribution in [0.15, 0.2) is 0 Å². The van der Waals surface area contributed by atoms with Crippen LogP contribution in [0.3, 0.4) is 0 Å². The summed E-state index contributed by atoms with van der Waals surface area (Å²) in [6, 6.07) is 0. The number of anilines is 1. The van der Waals surface area contributed by atoms with Gasteiger partial charge in [-0.1, -0.05) is 6.92 Å². The molecule has 0 radical (unpaired) electrons. The molecule has 2 fully saturated rings. The monoisotopic (exact) mass is 374 g/mol. The second-order valence-corrected chi connectivity index (χ2v) is 9.10. The molecule has 0 N–H and O–H groups in total. The SMILES string of the molecule is COC1CN(c2nc(CN3CCCC3)nc3sc(C)c(C)c23)CCC1C. The van der Waals surface area contributed by atoms with Crippen molar-refractivity contribution >= 4 is 27.4 Å². The van der Waals surface area contributed by atoms with Crippen molar-refractivity contribution in [2.75, 3.05) is 38.2 Å². The summed E-state index contributed by atoms with van der Waals surface area (Å²) >= 11 is 1.81. The molecular weight excluding hydrogens is 344 g/mol. The molecule has 0 spiro atoms. The van der Waals surface area contributed by atoms with E-state index >= 15 is 0 Å². The van der Waals surface area contributed by atoms with Gasteiger partial charge in [0.25, 0.3) is 0 Å². The number of likely N-dealkylation sites (tertiary alicyclic amines) is 1. The highest BCUT2D eigenvalue weighted by Crippen LogP contribution is 2.36. The highest BCUT2D eigenvalue weighted by Gasteiger charge is 2.29. The molecule has 0 aliphatic carbocycles. The summed E-state index contributed by atoms with van der Waals surface area (Å²) in [5.74, 6) is 2.70. The number of hydrogen-bond donors (Lipinski definition) is 0. The molecule has 26 heavy (non-hydrogen) atoms. The molecule has 2 atom stereocenters. The van der Waals surface area contributed by atoms with Crippen LogP contribution >= 0.6 is 11.3 Å². The van der Waals surface area contributed by atoms with Crippen molar-refractivity contribution in [3.05, 3.63) is 16.3 Å². The molecule has 6 heteroatoms. The smallest absolute Gasteiger partial charge is 0.146 e. The molecule has 0 amide bonds. The molecule has 2 saturated heterocycles. The van der Waals surface area contributed by atoms with Crippen molar-refractivity contribution in [2.24, 2.45) is 5.92 Å². The second-order valence-electron chi connectivity index (χ2n) is 7.90. The van der Waals surface area contributed by atoms with E-state index in [4.69, 9.17) is 14.7 Å². The number of hydrogen-bond acceptors (Lipinski definition) is 6. The summed E-state index contributed by atoms with van der Waals surface area (Å²) in [6.45, 7) is 11.9. The van der Waals surface area contributed by atoms with E-state index in [-0.39, 0.29) is 6.10 Å². The number of aromatic nitrogens is 2. The van der Waals surface area contributed by atoms with Crippen LogP contribution in [0, 0.1) is 19.8 Å². The minimum Gasteiger partial charge on any atom is -0.379 e. The number of ether oxygens (including phenoxy) is 1. The number of aryl methyl sites for hydroxylation is 2. The highest BCUT2D eigenvalue weighted by atomic mass is 32.1. The molecule has 5 nitrogen and oxygen atoms in total. The van der Waals surface area contributed by atoms with Crippen LogP contribution in [-0.2, 0) is 11.3 Å². The number of rotatable bonds is 4. The van der Waals surface area contributed by atoms with E-state index in [0.29, 0.717) is 5.92 Å². The van der Waals surface area contributed by atoms with Gasteiger partial charge in [-0.2, -0.15) is 0 Å². The Labute approximate surface area is 160 Å². The number of methoxy groups -OCH3 is 1. The van der Waals surface area contributed by atoms with Crippen LogP contribution in [0.1, 0.15) is 42.5 Å². The average Bonchev–Trinajstić information content (AvgIpc) is 3.23. The average molecular weight is 375 g/mol. The Morgan fingerprint density at radius 1 is 1.15 bits per heavy atom. The van der Waals surface area contributed by atoms with Gasteiger partial charge < -0.3 is 9.64 Å². The molecule has 4 rings (SSSR count). The Morgan fingerprint density at radius 3 is 2.65 bits per heavy atom. The molecule has 142 valence electrons. The lowest BCUT2D eigenvalue weighted by Gasteiger charge is -2.37. The van der Waals surface area contributed by atoms with Gasteiger partial charge in [0.2, 0.25) is 0 Å². The lowest BCUT2D eigenvalue weighted by Crippen LogP contribution is -2.44. The lowest BCUT2D eigenvalue weighted by molar-refractivity contribution is 0.0497. The highest BCUT2D eigenvalue weighted by molar-refractivity contribution is 7.18. The molecule has 0 bridgehead atoms. The van der Waals surface area contributed by atoms with Crippen molar-refractivity contribution in [1.29, 1.82) is 0 Å². The maximum Gasteiger partial charge on any atom is 0.146 e. The zero-order valence-corrected chi connectivity index (χ0v) is 17.2. The molecule has 2 unspecified atom stereocenters. The fourth-order valence-electron chi connectivity index (χ4n) is 4.24. The Bertz CT molecular complexity index is 784. The number of thiophene rings is 1. The molecular formula is C20H30N4OS. The largest absolute Gasteiger partial charge is 0.379 e. The van der Waals surface area contributed by atoms with E-state index in [0.717, 1.165) is 42.5 Å². The van der Waals surface area contributed by atoms with E-state index in [1.807, 2.05) is 18.4 Å². The van der Waals surface area contributed by atoms with Crippen molar-refractivity contribution in [1.82, 2.24) is 14.9 Å². The topological polar surface area (TPSA) is 41.5 Å². The minimum absolute atomic E-state index is 0.274. The van der Waals surface area contributed by atoms with Gasteiger partial charge in [-0.15, -0.1) is 11.3 Å². The molecule has 2 aliphatic rings. The maximum atomic E-state index is 5.75.